The number of fused-ring (bicyclic) bond motifs is 1. The quantitative estimate of drug-likeness (QED) is 0.206. The Balaban J connectivity index is 1.35. The Labute approximate surface area is 307 Å². The molecule has 1 aliphatic carbocycles. The molecule has 2 N–H and O–H groups in total. The summed E-state index contributed by atoms with van der Waals surface area (Å²) in [6, 6.07) is 22.5. The monoisotopic (exact) mass is 737 g/mol. The third-order valence-corrected chi connectivity index (χ3v) is 15.7. The van der Waals surface area contributed by atoms with Gasteiger partial charge in [0.25, 0.3) is 20.1 Å². The molecule has 5 rings (SSSR count). The number of halogens is 3. The van der Waals surface area contributed by atoms with Crippen LogP contribution < -0.4 is 25.7 Å². The number of nitrogens with two attached hydrogens (primary N) is 1. The van der Waals surface area contributed by atoms with E-state index in [2.05, 4.69) is 69.3 Å². The van der Waals surface area contributed by atoms with E-state index in [4.69, 9.17) is 14.9 Å². The van der Waals surface area contributed by atoms with E-state index in [0.717, 1.165) is 25.3 Å². The number of anilines is 1. The fourth-order valence-corrected chi connectivity index (χ4v) is 12.8. The molecule has 2 aliphatic rings. The van der Waals surface area contributed by atoms with Crippen LogP contribution in [0.15, 0.2) is 72.8 Å². The average Bonchev–Trinajstić information content (AvgIpc) is 3.08. The van der Waals surface area contributed by atoms with Crippen LogP contribution in [0.1, 0.15) is 96.5 Å². The minimum absolute atomic E-state index is 0.0787. The van der Waals surface area contributed by atoms with Gasteiger partial charge in [-0.15, -0.1) is 0 Å². The van der Waals surface area contributed by atoms with E-state index in [1.165, 1.54) is 35.2 Å². The molecule has 1 heterocycles. The van der Waals surface area contributed by atoms with Crippen LogP contribution in [0.5, 0.6) is 5.75 Å². The van der Waals surface area contributed by atoms with E-state index >= 15 is 0 Å². The van der Waals surface area contributed by atoms with Crippen molar-refractivity contribution >= 4 is 36.2 Å². The lowest BCUT2D eigenvalue weighted by molar-refractivity contribution is -0.138. The van der Waals surface area contributed by atoms with Gasteiger partial charge in [0, 0.05) is 31.8 Å². The highest BCUT2D eigenvalue weighted by Gasteiger charge is 2.50. The standard InChI is InChI=1S/C41H54F3N3O4Si/c1-28(2)47(37(48)33-26-35-36(27-34(33)41(42,43)44)51-40(6,7)38(49)46(35)24-23-45)30-20-18-29(19-21-30)22-25-50-52(39(3,4)5,31-14-10-8-11-15-31)32-16-12-9-13-17-32/h8-17,26-30H,18-25,45H2,1-7H3. The SMILES string of the molecule is CC(C)N(C(=O)c1cc2c(cc1C(F)(F)F)OC(C)(C)C(=O)N2CCN)C1CCC(CCO[Si](c2ccccc2)(c2ccccc2)C(C)(C)C)CC1. The fourth-order valence-electron chi connectivity index (χ4n) is 8.19. The molecule has 1 saturated carbocycles. The zero-order valence-corrected chi connectivity index (χ0v) is 32.6. The van der Waals surface area contributed by atoms with E-state index < -0.39 is 43.0 Å². The summed E-state index contributed by atoms with van der Waals surface area (Å²) in [6.07, 6.45) is -0.937. The van der Waals surface area contributed by atoms with Crippen LogP contribution in [-0.2, 0) is 15.4 Å². The summed E-state index contributed by atoms with van der Waals surface area (Å²) in [4.78, 5) is 30.4. The molecule has 1 aliphatic heterocycles. The van der Waals surface area contributed by atoms with Gasteiger partial charge in [0.1, 0.15) is 5.75 Å². The zero-order chi connectivity index (χ0) is 38.1. The zero-order valence-electron chi connectivity index (χ0n) is 31.6. The van der Waals surface area contributed by atoms with Gasteiger partial charge < -0.3 is 24.7 Å². The summed E-state index contributed by atoms with van der Waals surface area (Å²) in [5.74, 6) is -0.863. The number of carbonyl (C=O) groups excluding carboxylic acids is 2. The fraction of sp³-hybridized carbons (Fsp3) is 0.512. The molecule has 0 saturated heterocycles. The average molecular weight is 738 g/mol. The molecule has 11 heteroatoms. The highest BCUT2D eigenvalue weighted by molar-refractivity contribution is 6.99. The lowest BCUT2D eigenvalue weighted by atomic mass is 9.83. The molecule has 0 atom stereocenters. The highest BCUT2D eigenvalue weighted by atomic mass is 28.4. The van der Waals surface area contributed by atoms with E-state index in [-0.39, 0.29) is 41.6 Å². The molecule has 0 bridgehead atoms. The third-order valence-electron chi connectivity index (χ3n) is 10.7. The van der Waals surface area contributed by atoms with Crippen LogP contribution in [0.4, 0.5) is 18.9 Å². The number of amides is 2. The molecule has 3 aromatic rings. The molecular formula is C41H54F3N3O4Si. The number of benzene rings is 3. The van der Waals surface area contributed by atoms with E-state index in [9.17, 15) is 22.8 Å². The maximum absolute atomic E-state index is 14.6. The normalized spacial score (nSPS) is 19.3. The van der Waals surface area contributed by atoms with Gasteiger partial charge in [0.05, 0.1) is 16.8 Å². The van der Waals surface area contributed by atoms with Gasteiger partial charge in [0.15, 0.2) is 5.60 Å². The first-order chi connectivity index (χ1) is 24.4. The van der Waals surface area contributed by atoms with Crippen molar-refractivity contribution in [2.45, 2.75) is 109 Å². The van der Waals surface area contributed by atoms with Crippen molar-refractivity contribution < 1.29 is 31.9 Å². The van der Waals surface area contributed by atoms with Crippen LogP contribution in [0.25, 0.3) is 0 Å². The smallest absolute Gasteiger partial charge is 0.417 e. The summed E-state index contributed by atoms with van der Waals surface area (Å²) in [6.45, 7) is 14.2. The first kappa shape index (κ1) is 39.5. The number of hydrogen-bond donors (Lipinski definition) is 1. The minimum atomic E-state index is -4.82. The maximum atomic E-state index is 14.6. The Kier molecular flexibility index (Phi) is 11.7. The molecule has 0 radical (unpaired) electrons. The van der Waals surface area contributed by atoms with Crippen LogP contribution in [0.2, 0.25) is 5.04 Å². The highest BCUT2D eigenvalue weighted by Crippen LogP contribution is 2.45. The van der Waals surface area contributed by atoms with Crippen LogP contribution >= 0.6 is 0 Å². The Hall–Kier alpha value is -3.67. The number of alkyl halides is 3. The molecular weight excluding hydrogens is 684 g/mol. The third kappa shape index (κ3) is 7.82. The van der Waals surface area contributed by atoms with Gasteiger partial charge in [-0.3, -0.25) is 9.59 Å². The summed E-state index contributed by atoms with van der Waals surface area (Å²) < 4.78 is 56.7. The van der Waals surface area contributed by atoms with Gasteiger partial charge in [-0.1, -0.05) is 81.4 Å². The lowest BCUT2D eigenvalue weighted by Gasteiger charge is -2.44. The van der Waals surface area contributed by atoms with Crippen molar-refractivity contribution in [1.29, 1.82) is 0 Å². The molecule has 3 aromatic carbocycles. The Morgan fingerprint density at radius 1 is 0.981 bits per heavy atom. The van der Waals surface area contributed by atoms with Gasteiger partial charge >= 0.3 is 6.18 Å². The molecule has 282 valence electrons. The second kappa shape index (κ2) is 15.4. The molecule has 7 nitrogen and oxygen atoms in total. The van der Waals surface area contributed by atoms with Crippen LogP contribution in [0, 0.1) is 5.92 Å². The van der Waals surface area contributed by atoms with Crippen LogP contribution in [0.3, 0.4) is 0 Å². The first-order valence-electron chi connectivity index (χ1n) is 18.5. The predicted molar refractivity (Wildman–Crippen MR) is 203 cm³/mol. The maximum Gasteiger partial charge on any atom is 0.417 e. The Bertz CT molecular complexity index is 1660. The Morgan fingerprint density at radius 2 is 1.54 bits per heavy atom. The van der Waals surface area contributed by atoms with Gasteiger partial charge in [0.2, 0.25) is 0 Å². The van der Waals surface area contributed by atoms with E-state index in [1.54, 1.807) is 4.90 Å². The van der Waals surface area contributed by atoms with Crippen molar-refractivity contribution in [2.24, 2.45) is 11.7 Å². The minimum Gasteiger partial charge on any atom is -0.476 e. The van der Waals surface area contributed by atoms with Crippen molar-refractivity contribution in [3.63, 3.8) is 0 Å². The number of rotatable bonds is 11. The summed E-state index contributed by atoms with van der Waals surface area (Å²) in [5.41, 5.74) is 2.97. The van der Waals surface area contributed by atoms with Gasteiger partial charge in [-0.05, 0) is 93.3 Å². The molecule has 2 amide bonds. The lowest BCUT2D eigenvalue weighted by Crippen LogP contribution is -2.66. The second-order valence-corrected chi connectivity index (χ2v) is 20.3. The summed E-state index contributed by atoms with van der Waals surface area (Å²) in [7, 11) is -2.67. The summed E-state index contributed by atoms with van der Waals surface area (Å²) >= 11 is 0. The Morgan fingerprint density at radius 3 is 2.02 bits per heavy atom. The molecule has 0 spiro atoms. The van der Waals surface area contributed by atoms with Crippen molar-refractivity contribution in [1.82, 2.24) is 4.90 Å². The van der Waals surface area contributed by atoms with E-state index in [1.807, 2.05) is 26.0 Å². The molecule has 0 aromatic heterocycles. The number of nitrogens with zero attached hydrogens (tertiary/aromatic N) is 2. The number of carbonyl (C=O) groups is 2. The largest absolute Gasteiger partial charge is 0.476 e. The van der Waals surface area contributed by atoms with E-state index in [0.29, 0.717) is 25.4 Å². The molecule has 0 unspecified atom stereocenters. The van der Waals surface area contributed by atoms with Crippen molar-refractivity contribution in [3.8, 4) is 5.75 Å². The number of hydrogen-bond acceptors (Lipinski definition) is 5. The topological polar surface area (TPSA) is 85.1 Å². The van der Waals surface area contributed by atoms with Crippen LogP contribution in [-0.4, -0.2) is 62.4 Å². The second-order valence-electron chi connectivity index (χ2n) is 16.0. The summed E-state index contributed by atoms with van der Waals surface area (Å²) in [5, 5.41) is 2.33. The van der Waals surface area contributed by atoms with Crippen molar-refractivity contribution in [2.75, 3.05) is 24.6 Å². The molecule has 1 fully saturated rings. The van der Waals surface area contributed by atoms with Crippen molar-refractivity contribution in [3.05, 3.63) is 83.9 Å². The van der Waals surface area contributed by atoms with Gasteiger partial charge in [-0.2, -0.15) is 13.2 Å². The first-order valence-corrected chi connectivity index (χ1v) is 20.4. The number of ether oxygens (including phenoxy) is 1. The predicted octanol–water partition coefficient (Wildman–Crippen LogP) is 7.54. The van der Waals surface area contributed by atoms with Gasteiger partial charge in [-0.25, -0.2) is 0 Å². The molecule has 52 heavy (non-hydrogen) atoms.